The third-order valence-electron chi connectivity index (χ3n) is 2.53. The summed E-state index contributed by atoms with van der Waals surface area (Å²) in [6.45, 7) is 6.27. The van der Waals surface area contributed by atoms with Crippen LogP contribution in [0.1, 0.15) is 59.3 Å². The van der Waals surface area contributed by atoms with Crippen LogP contribution in [0.5, 0.6) is 0 Å². The topological polar surface area (TPSA) is 17.1 Å². The first-order chi connectivity index (χ1) is 7.20. The second-order valence-corrected chi connectivity index (χ2v) is 3.88. The van der Waals surface area contributed by atoms with Gasteiger partial charge in [0.1, 0.15) is 5.78 Å². The van der Waals surface area contributed by atoms with Gasteiger partial charge in [-0.05, 0) is 32.6 Å². The minimum atomic E-state index is 0.362. The molecule has 0 unspecified atom stereocenters. The number of allylic oxidation sites excluding steroid dienone is 4. The van der Waals surface area contributed by atoms with E-state index in [0.717, 1.165) is 25.7 Å². The third-order valence-corrected chi connectivity index (χ3v) is 2.53. The Bertz CT molecular complexity index is 223. The Balaban J connectivity index is 3.43. The number of hydrogen-bond acceptors (Lipinski definition) is 1. The van der Waals surface area contributed by atoms with Crippen LogP contribution >= 0.6 is 0 Å². The van der Waals surface area contributed by atoms with Crippen molar-refractivity contribution >= 4 is 5.78 Å². The molecule has 0 aromatic rings. The highest BCUT2D eigenvalue weighted by molar-refractivity contribution is 5.78. The van der Waals surface area contributed by atoms with Crippen LogP contribution in [0.25, 0.3) is 0 Å². The fourth-order valence-electron chi connectivity index (χ4n) is 1.23. The monoisotopic (exact) mass is 208 g/mol. The van der Waals surface area contributed by atoms with Crippen molar-refractivity contribution in [2.75, 3.05) is 0 Å². The molecule has 0 aliphatic rings. The van der Waals surface area contributed by atoms with Crippen molar-refractivity contribution in [3.63, 3.8) is 0 Å². The molecule has 0 aromatic carbocycles. The SMILES string of the molecule is CCC(=O)CC/C=C/CC/C=C(\C)CC. The maximum absolute atomic E-state index is 11.0. The van der Waals surface area contributed by atoms with Gasteiger partial charge in [-0.3, -0.25) is 4.79 Å². The molecule has 0 atom stereocenters. The molecule has 1 heteroatoms. The minimum Gasteiger partial charge on any atom is -0.300 e. The summed E-state index contributed by atoms with van der Waals surface area (Å²) < 4.78 is 0. The van der Waals surface area contributed by atoms with E-state index in [9.17, 15) is 4.79 Å². The highest BCUT2D eigenvalue weighted by Gasteiger charge is 1.93. The van der Waals surface area contributed by atoms with Crippen LogP contribution in [-0.2, 0) is 4.79 Å². The van der Waals surface area contributed by atoms with Crippen LogP contribution in [0.4, 0.5) is 0 Å². The van der Waals surface area contributed by atoms with Crippen molar-refractivity contribution in [3.8, 4) is 0 Å². The minimum absolute atomic E-state index is 0.362. The van der Waals surface area contributed by atoms with Gasteiger partial charge in [0.2, 0.25) is 0 Å². The largest absolute Gasteiger partial charge is 0.300 e. The third kappa shape index (κ3) is 9.45. The molecule has 0 radical (unpaired) electrons. The van der Waals surface area contributed by atoms with Crippen molar-refractivity contribution in [1.82, 2.24) is 0 Å². The van der Waals surface area contributed by atoms with Crippen LogP contribution in [0.3, 0.4) is 0 Å². The Morgan fingerprint density at radius 1 is 1.00 bits per heavy atom. The summed E-state index contributed by atoms with van der Waals surface area (Å²) in [7, 11) is 0. The number of hydrogen-bond donors (Lipinski definition) is 0. The van der Waals surface area contributed by atoms with Crippen molar-refractivity contribution in [1.29, 1.82) is 0 Å². The van der Waals surface area contributed by atoms with E-state index in [1.807, 2.05) is 6.92 Å². The average Bonchev–Trinajstić information content (AvgIpc) is 2.26. The van der Waals surface area contributed by atoms with E-state index in [1.54, 1.807) is 0 Å². The Morgan fingerprint density at radius 3 is 2.27 bits per heavy atom. The first-order valence-electron chi connectivity index (χ1n) is 6.03. The van der Waals surface area contributed by atoms with Gasteiger partial charge in [-0.25, -0.2) is 0 Å². The van der Waals surface area contributed by atoms with Crippen LogP contribution in [0.15, 0.2) is 23.8 Å². The van der Waals surface area contributed by atoms with E-state index in [0.29, 0.717) is 18.6 Å². The molecule has 0 N–H and O–H groups in total. The van der Waals surface area contributed by atoms with Gasteiger partial charge >= 0.3 is 0 Å². The molecule has 0 heterocycles. The number of Topliss-reactive ketones (excluding diaryl/α,β-unsaturated/α-hetero) is 1. The fourth-order valence-corrected chi connectivity index (χ4v) is 1.23. The standard InChI is InChI=1S/C14H24O/c1-4-13(3)11-9-7-6-8-10-12-14(15)5-2/h6,8,11H,4-5,7,9-10,12H2,1-3H3/b8-6+,13-11+. The number of ketones is 1. The summed E-state index contributed by atoms with van der Waals surface area (Å²) >= 11 is 0. The van der Waals surface area contributed by atoms with Crippen molar-refractivity contribution in [3.05, 3.63) is 23.8 Å². The molecule has 1 nitrogen and oxygen atoms in total. The van der Waals surface area contributed by atoms with Crippen LogP contribution in [0.2, 0.25) is 0 Å². The lowest BCUT2D eigenvalue weighted by Crippen LogP contribution is -1.92. The van der Waals surface area contributed by atoms with E-state index in [-0.39, 0.29) is 0 Å². The summed E-state index contributed by atoms with van der Waals surface area (Å²) in [5, 5.41) is 0. The molecule has 0 aromatic heterocycles. The quantitative estimate of drug-likeness (QED) is 0.426. The molecule has 0 rings (SSSR count). The molecule has 0 saturated heterocycles. The maximum Gasteiger partial charge on any atom is 0.132 e. The number of carbonyl (C=O) groups is 1. The highest BCUT2D eigenvalue weighted by atomic mass is 16.1. The van der Waals surface area contributed by atoms with Crippen LogP contribution in [0, 0.1) is 0 Å². The molecule has 0 amide bonds. The molecule has 0 spiro atoms. The molecule has 15 heavy (non-hydrogen) atoms. The molecule has 0 fully saturated rings. The average molecular weight is 208 g/mol. The Hall–Kier alpha value is -0.850. The second kappa shape index (κ2) is 9.70. The summed E-state index contributed by atoms with van der Waals surface area (Å²) in [6.07, 6.45) is 12.3. The lowest BCUT2D eigenvalue weighted by atomic mass is 10.1. The molecular weight excluding hydrogens is 184 g/mol. The first kappa shape index (κ1) is 14.2. The Morgan fingerprint density at radius 2 is 1.67 bits per heavy atom. The summed E-state index contributed by atoms with van der Waals surface area (Å²) in [6, 6.07) is 0. The number of unbranched alkanes of at least 4 members (excludes halogenated alkanes) is 1. The molecular formula is C14H24O. The van der Waals surface area contributed by atoms with E-state index >= 15 is 0 Å². The molecule has 0 bridgehead atoms. The lowest BCUT2D eigenvalue weighted by molar-refractivity contribution is -0.118. The fraction of sp³-hybridized carbons (Fsp3) is 0.643. The normalized spacial score (nSPS) is 12.3. The zero-order valence-electron chi connectivity index (χ0n) is 10.4. The Kier molecular flexibility index (Phi) is 9.15. The highest BCUT2D eigenvalue weighted by Crippen LogP contribution is 2.03. The van der Waals surface area contributed by atoms with E-state index in [1.165, 1.54) is 5.57 Å². The lowest BCUT2D eigenvalue weighted by Gasteiger charge is -1.94. The zero-order chi connectivity index (χ0) is 11.5. The van der Waals surface area contributed by atoms with Crippen molar-refractivity contribution in [2.45, 2.75) is 59.3 Å². The van der Waals surface area contributed by atoms with Gasteiger partial charge in [0.05, 0.1) is 0 Å². The molecule has 0 aliphatic heterocycles. The summed E-state index contributed by atoms with van der Waals surface area (Å²) in [4.78, 5) is 11.0. The first-order valence-corrected chi connectivity index (χ1v) is 6.03. The molecule has 0 aliphatic carbocycles. The van der Waals surface area contributed by atoms with E-state index < -0.39 is 0 Å². The predicted molar refractivity (Wildman–Crippen MR) is 67.0 cm³/mol. The number of rotatable bonds is 8. The zero-order valence-corrected chi connectivity index (χ0v) is 10.4. The Labute approximate surface area is 94.3 Å². The summed E-state index contributed by atoms with van der Waals surface area (Å²) in [5.41, 5.74) is 1.46. The maximum atomic E-state index is 11.0. The molecule has 0 saturated carbocycles. The second-order valence-electron chi connectivity index (χ2n) is 3.88. The van der Waals surface area contributed by atoms with Crippen LogP contribution in [-0.4, -0.2) is 5.78 Å². The van der Waals surface area contributed by atoms with Gasteiger partial charge in [-0.15, -0.1) is 0 Å². The smallest absolute Gasteiger partial charge is 0.132 e. The summed E-state index contributed by atoms with van der Waals surface area (Å²) in [5.74, 6) is 0.362. The van der Waals surface area contributed by atoms with Gasteiger partial charge in [0.15, 0.2) is 0 Å². The van der Waals surface area contributed by atoms with Crippen LogP contribution < -0.4 is 0 Å². The van der Waals surface area contributed by atoms with Gasteiger partial charge in [0, 0.05) is 12.8 Å². The van der Waals surface area contributed by atoms with Gasteiger partial charge in [-0.2, -0.15) is 0 Å². The van der Waals surface area contributed by atoms with E-state index in [2.05, 4.69) is 32.1 Å². The predicted octanol–water partition coefficient (Wildman–Crippen LogP) is 4.44. The van der Waals surface area contributed by atoms with E-state index in [4.69, 9.17) is 0 Å². The van der Waals surface area contributed by atoms with Crippen molar-refractivity contribution < 1.29 is 4.79 Å². The van der Waals surface area contributed by atoms with Gasteiger partial charge < -0.3 is 0 Å². The number of carbonyl (C=O) groups excluding carboxylic acids is 1. The van der Waals surface area contributed by atoms with Crippen molar-refractivity contribution in [2.24, 2.45) is 0 Å². The van der Waals surface area contributed by atoms with Gasteiger partial charge in [0.25, 0.3) is 0 Å². The molecule has 86 valence electrons. The van der Waals surface area contributed by atoms with Gasteiger partial charge in [-0.1, -0.05) is 37.6 Å².